The largest absolute Gasteiger partial charge is 0.496 e. The Morgan fingerprint density at radius 1 is 1.21 bits per heavy atom. The highest BCUT2D eigenvalue weighted by atomic mass is 127. The Hall–Kier alpha value is -1.02. The van der Waals surface area contributed by atoms with E-state index in [0.717, 1.165) is 44.4 Å². The molecule has 24 heavy (non-hydrogen) atoms. The zero-order valence-corrected chi connectivity index (χ0v) is 17.6. The third-order valence-corrected chi connectivity index (χ3v) is 3.50. The fraction of sp³-hybridized carbons (Fsp3) is 0.611. The van der Waals surface area contributed by atoms with Crippen LogP contribution in [-0.4, -0.2) is 45.9 Å². The summed E-state index contributed by atoms with van der Waals surface area (Å²) in [6.07, 6.45) is 0.973. The first-order chi connectivity index (χ1) is 11.2. The van der Waals surface area contributed by atoms with Crippen molar-refractivity contribution >= 4 is 29.9 Å². The number of hydrogen-bond acceptors (Lipinski definition) is 3. The SMILES string of the molecule is CCNC(=NCC(C)c1ccccc1OC)NCCCOCC.I. The number of nitrogens with zero attached hydrogens (tertiary/aromatic N) is 1. The molecule has 1 aromatic rings. The van der Waals surface area contributed by atoms with E-state index >= 15 is 0 Å². The summed E-state index contributed by atoms with van der Waals surface area (Å²) in [6, 6.07) is 8.12. The molecule has 2 N–H and O–H groups in total. The van der Waals surface area contributed by atoms with Gasteiger partial charge in [-0.3, -0.25) is 4.99 Å². The zero-order chi connectivity index (χ0) is 16.9. The van der Waals surface area contributed by atoms with E-state index in [-0.39, 0.29) is 24.0 Å². The normalized spacial score (nSPS) is 12.2. The number of hydrogen-bond donors (Lipinski definition) is 2. The minimum Gasteiger partial charge on any atom is -0.496 e. The Labute approximate surface area is 163 Å². The van der Waals surface area contributed by atoms with Crippen LogP contribution in [-0.2, 0) is 4.74 Å². The van der Waals surface area contributed by atoms with Gasteiger partial charge in [-0.2, -0.15) is 0 Å². The lowest BCUT2D eigenvalue weighted by Gasteiger charge is -2.15. The van der Waals surface area contributed by atoms with Gasteiger partial charge < -0.3 is 20.1 Å². The lowest BCUT2D eigenvalue weighted by molar-refractivity contribution is 0.145. The van der Waals surface area contributed by atoms with Crippen molar-refractivity contribution < 1.29 is 9.47 Å². The molecule has 0 aliphatic rings. The van der Waals surface area contributed by atoms with Gasteiger partial charge in [-0.15, -0.1) is 24.0 Å². The molecule has 138 valence electrons. The van der Waals surface area contributed by atoms with Gasteiger partial charge in [0.25, 0.3) is 0 Å². The molecule has 0 heterocycles. The van der Waals surface area contributed by atoms with Gasteiger partial charge in [-0.1, -0.05) is 25.1 Å². The van der Waals surface area contributed by atoms with Crippen molar-refractivity contribution in [1.29, 1.82) is 0 Å². The molecule has 0 saturated heterocycles. The standard InChI is InChI=1S/C18H31N3O2.HI/c1-5-19-18(20-12-9-13-23-6-2)21-14-15(3)16-10-7-8-11-17(16)22-4;/h7-8,10-11,15H,5-6,9,12-14H2,1-4H3,(H2,19,20,21);1H. The van der Waals surface area contributed by atoms with E-state index < -0.39 is 0 Å². The van der Waals surface area contributed by atoms with Crippen LogP contribution in [0.25, 0.3) is 0 Å². The highest BCUT2D eigenvalue weighted by molar-refractivity contribution is 14.0. The van der Waals surface area contributed by atoms with Crippen LogP contribution in [0.2, 0.25) is 0 Å². The van der Waals surface area contributed by atoms with Crippen LogP contribution < -0.4 is 15.4 Å². The Morgan fingerprint density at radius 3 is 2.62 bits per heavy atom. The Bertz CT molecular complexity index is 469. The van der Waals surface area contributed by atoms with Crippen molar-refractivity contribution in [2.75, 3.05) is 40.0 Å². The number of guanidine groups is 1. The predicted octanol–water partition coefficient (Wildman–Crippen LogP) is 3.40. The summed E-state index contributed by atoms with van der Waals surface area (Å²) in [4.78, 5) is 4.68. The summed E-state index contributed by atoms with van der Waals surface area (Å²) in [5.41, 5.74) is 1.19. The second-order valence-electron chi connectivity index (χ2n) is 5.34. The first kappa shape index (κ1) is 23.0. The number of aliphatic imine (C=N–C) groups is 1. The van der Waals surface area contributed by atoms with E-state index in [9.17, 15) is 0 Å². The molecule has 0 spiro atoms. The summed E-state index contributed by atoms with van der Waals surface area (Å²) in [5.74, 6) is 2.07. The smallest absolute Gasteiger partial charge is 0.191 e. The van der Waals surface area contributed by atoms with Gasteiger partial charge in [0.2, 0.25) is 0 Å². The third-order valence-electron chi connectivity index (χ3n) is 3.50. The average Bonchev–Trinajstić information content (AvgIpc) is 2.59. The molecule has 6 heteroatoms. The molecule has 0 aliphatic heterocycles. The maximum Gasteiger partial charge on any atom is 0.191 e. The van der Waals surface area contributed by atoms with Gasteiger partial charge in [0.1, 0.15) is 5.75 Å². The van der Waals surface area contributed by atoms with Gasteiger partial charge >= 0.3 is 0 Å². The third kappa shape index (κ3) is 8.73. The van der Waals surface area contributed by atoms with E-state index in [0.29, 0.717) is 12.5 Å². The Balaban J connectivity index is 0.00000529. The molecule has 0 bridgehead atoms. The maximum absolute atomic E-state index is 5.43. The van der Waals surface area contributed by atoms with E-state index in [1.165, 1.54) is 5.56 Å². The average molecular weight is 449 g/mol. The number of methoxy groups -OCH3 is 1. The van der Waals surface area contributed by atoms with Crippen LogP contribution in [0.3, 0.4) is 0 Å². The minimum atomic E-state index is 0. The second kappa shape index (κ2) is 14.3. The molecule has 1 atom stereocenters. The summed E-state index contributed by atoms with van der Waals surface area (Å²) in [7, 11) is 1.71. The fourth-order valence-electron chi connectivity index (χ4n) is 2.27. The lowest BCUT2D eigenvalue weighted by atomic mass is 10.0. The monoisotopic (exact) mass is 449 g/mol. The number of nitrogens with one attached hydrogen (secondary N) is 2. The van der Waals surface area contributed by atoms with Crippen LogP contribution in [0.4, 0.5) is 0 Å². The second-order valence-corrected chi connectivity index (χ2v) is 5.34. The molecule has 1 rings (SSSR count). The molecule has 0 fully saturated rings. The fourth-order valence-corrected chi connectivity index (χ4v) is 2.27. The van der Waals surface area contributed by atoms with Crippen molar-refractivity contribution in [2.45, 2.75) is 33.1 Å². The number of rotatable bonds is 10. The lowest BCUT2D eigenvalue weighted by Crippen LogP contribution is -2.38. The van der Waals surface area contributed by atoms with Crippen LogP contribution in [0, 0.1) is 0 Å². The van der Waals surface area contributed by atoms with E-state index in [2.05, 4.69) is 35.5 Å². The molecule has 0 aliphatic carbocycles. The first-order valence-electron chi connectivity index (χ1n) is 8.45. The van der Waals surface area contributed by atoms with Crippen LogP contribution >= 0.6 is 24.0 Å². The maximum atomic E-state index is 5.43. The molecule has 1 unspecified atom stereocenters. The molecule has 0 saturated carbocycles. The summed E-state index contributed by atoms with van der Waals surface area (Å²) >= 11 is 0. The van der Waals surface area contributed by atoms with Gasteiger partial charge in [-0.05, 0) is 31.9 Å². The number of benzene rings is 1. The minimum absolute atomic E-state index is 0. The van der Waals surface area contributed by atoms with Crippen molar-refractivity contribution in [1.82, 2.24) is 10.6 Å². The van der Waals surface area contributed by atoms with Gasteiger partial charge in [0, 0.05) is 38.8 Å². The molecular weight excluding hydrogens is 417 g/mol. The van der Waals surface area contributed by atoms with Crippen molar-refractivity contribution in [3.05, 3.63) is 29.8 Å². The summed E-state index contributed by atoms with van der Waals surface area (Å²) in [5, 5.41) is 6.62. The molecule has 5 nitrogen and oxygen atoms in total. The van der Waals surface area contributed by atoms with Crippen LogP contribution in [0.15, 0.2) is 29.3 Å². The molecule has 0 amide bonds. The van der Waals surface area contributed by atoms with Crippen molar-refractivity contribution in [2.24, 2.45) is 4.99 Å². The highest BCUT2D eigenvalue weighted by Gasteiger charge is 2.10. The Morgan fingerprint density at radius 2 is 1.96 bits per heavy atom. The van der Waals surface area contributed by atoms with Crippen LogP contribution in [0.5, 0.6) is 5.75 Å². The van der Waals surface area contributed by atoms with Gasteiger partial charge in [-0.25, -0.2) is 0 Å². The van der Waals surface area contributed by atoms with Crippen molar-refractivity contribution in [3.63, 3.8) is 0 Å². The predicted molar refractivity (Wildman–Crippen MR) is 112 cm³/mol. The number of ether oxygens (including phenoxy) is 2. The van der Waals surface area contributed by atoms with E-state index in [1.807, 2.05) is 25.1 Å². The zero-order valence-electron chi connectivity index (χ0n) is 15.3. The molecule has 0 aromatic heterocycles. The summed E-state index contributed by atoms with van der Waals surface area (Å²) < 4.78 is 10.8. The van der Waals surface area contributed by atoms with Crippen LogP contribution in [0.1, 0.15) is 38.7 Å². The number of para-hydroxylation sites is 1. The molecule has 0 radical (unpaired) electrons. The molecule has 1 aromatic carbocycles. The van der Waals surface area contributed by atoms with E-state index in [1.54, 1.807) is 7.11 Å². The summed E-state index contributed by atoms with van der Waals surface area (Å²) in [6.45, 7) is 10.2. The quantitative estimate of drug-likeness (QED) is 0.249. The number of halogens is 1. The van der Waals surface area contributed by atoms with E-state index in [4.69, 9.17) is 9.47 Å². The van der Waals surface area contributed by atoms with Gasteiger partial charge in [0.15, 0.2) is 5.96 Å². The molecular formula is C18H32IN3O2. The Kier molecular flexibility index (Phi) is 13.7. The van der Waals surface area contributed by atoms with Gasteiger partial charge in [0.05, 0.1) is 7.11 Å². The first-order valence-corrected chi connectivity index (χ1v) is 8.45. The highest BCUT2D eigenvalue weighted by Crippen LogP contribution is 2.26. The topological polar surface area (TPSA) is 54.9 Å². The van der Waals surface area contributed by atoms with Crippen molar-refractivity contribution in [3.8, 4) is 5.75 Å².